The van der Waals surface area contributed by atoms with Crippen molar-refractivity contribution in [3.63, 3.8) is 0 Å². The van der Waals surface area contributed by atoms with Gasteiger partial charge in [0.2, 0.25) is 5.95 Å². The van der Waals surface area contributed by atoms with E-state index in [0.717, 1.165) is 42.8 Å². The summed E-state index contributed by atoms with van der Waals surface area (Å²) in [6, 6.07) is 12.5. The molecule has 1 fully saturated rings. The number of ether oxygens (including phenoxy) is 1. The molecule has 2 aromatic carbocycles. The van der Waals surface area contributed by atoms with Gasteiger partial charge in [-0.25, -0.2) is 9.97 Å². The highest BCUT2D eigenvalue weighted by atomic mass is 16.5. The number of hydrogen-bond donors (Lipinski definition) is 2. The lowest BCUT2D eigenvalue weighted by Crippen LogP contribution is -2.20. The Labute approximate surface area is 188 Å². The van der Waals surface area contributed by atoms with Crippen LogP contribution in [0.1, 0.15) is 32.3 Å². The van der Waals surface area contributed by atoms with Crippen LogP contribution < -0.4 is 9.64 Å². The van der Waals surface area contributed by atoms with Crippen LogP contribution in [0.25, 0.3) is 22.5 Å². The monoisotopic (exact) mass is 431 g/mol. The molecule has 6 heteroatoms. The first kappa shape index (κ1) is 21.7. The molecule has 1 aliphatic heterocycles. The number of allylic oxidation sites excluding steroid dienone is 2. The van der Waals surface area contributed by atoms with Crippen molar-refractivity contribution in [2.24, 2.45) is 0 Å². The molecule has 0 amide bonds. The number of nitrogens with zero attached hydrogens (tertiary/aromatic N) is 3. The summed E-state index contributed by atoms with van der Waals surface area (Å²) >= 11 is 0. The summed E-state index contributed by atoms with van der Waals surface area (Å²) in [4.78, 5) is 11.8. The van der Waals surface area contributed by atoms with Crippen LogP contribution in [-0.2, 0) is 6.42 Å². The van der Waals surface area contributed by atoms with Crippen LogP contribution in [0.5, 0.6) is 17.2 Å². The minimum Gasteiger partial charge on any atom is -0.508 e. The van der Waals surface area contributed by atoms with Crippen molar-refractivity contribution in [1.82, 2.24) is 9.97 Å². The molecule has 0 unspecified atom stereocenters. The molecule has 2 heterocycles. The number of aromatic hydroxyl groups is 2. The molecule has 0 spiro atoms. The summed E-state index contributed by atoms with van der Waals surface area (Å²) in [7, 11) is 1.61. The smallest absolute Gasteiger partial charge is 0.226 e. The second-order valence-electron chi connectivity index (χ2n) is 8.35. The third kappa shape index (κ3) is 4.69. The Bertz CT molecular complexity index is 1130. The number of anilines is 1. The molecule has 2 N–H and O–H groups in total. The first-order valence-electron chi connectivity index (χ1n) is 10.9. The molecule has 1 aliphatic rings. The van der Waals surface area contributed by atoms with E-state index in [4.69, 9.17) is 14.7 Å². The fourth-order valence-electron chi connectivity index (χ4n) is 3.89. The second-order valence-corrected chi connectivity index (χ2v) is 8.35. The fourth-order valence-corrected chi connectivity index (χ4v) is 3.89. The molecule has 0 saturated carbocycles. The van der Waals surface area contributed by atoms with Crippen molar-refractivity contribution in [3.8, 4) is 39.8 Å². The highest BCUT2D eigenvalue weighted by Gasteiger charge is 2.20. The van der Waals surface area contributed by atoms with Crippen LogP contribution in [0, 0.1) is 0 Å². The number of methoxy groups -OCH3 is 1. The molecular formula is C26H29N3O3. The lowest BCUT2D eigenvalue weighted by atomic mass is 10.0. The Morgan fingerprint density at radius 3 is 2.34 bits per heavy atom. The molecule has 1 saturated heterocycles. The molecule has 6 nitrogen and oxygen atoms in total. The number of benzene rings is 2. The van der Waals surface area contributed by atoms with Gasteiger partial charge in [-0.05, 0) is 75.1 Å². The van der Waals surface area contributed by atoms with Gasteiger partial charge >= 0.3 is 0 Å². The lowest BCUT2D eigenvalue weighted by Gasteiger charge is -2.18. The van der Waals surface area contributed by atoms with E-state index in [0.29, 0.717) is 29.4 Å². The summed E-state index contributed by atoms with van der Waals surface area (Å²) in [5.74, 6) is 1.63. The van der Waals surface area contributed by atoms with Gasteiger partial charge in [0.15, 0.2) is 0 Å². The van der Waals surface area contributed by atoms with Crippen molar-refractivity contribution >= 4 is 5.95 Å². The molecule has 1 aromatic heterocycles. The van der Waals surface area contributed by atoms with Crippen molar-refractivity contribution < 1.29 is 14.9 Å². The molecule has 4 rings (SSSR count). The standard InChI is InChI=1S/C26H29N3O3/c1-17(2)6-7-19-14-21(24(31)16-25(19)32-3)23-15-22(18-8-10-20(30)11-9-18)27-26(28-23)29-12-4-5-13-29/h6,8-11,14-16,30-31H,4-5,7,12-13H2,1-3H3. The fraction of sp³-hybridized carbons (Fsp3) is 0.308. The lowest BCUT2D eigenvalue weighted by molar-refractivity contribution is 0.404. The zero-order chi connectivity index (χ0) is 22.7. The second kappa shape index (κ2) is 9.30. The number of hydrogen-bond acceptors (Lipinski definition) is 6. The van der Waals surface area contributed by atoms with Crippen LogP contribution >= 0.6 is 0 Å². The summed E-state index contributed by atoms with van der Waals surface area (Å²) in [6.07, 6.45) is 5.06. The predicted molar refractivity (Wildman–Crippen MR) is 127 cm³/mol. The van der Waals surface area contributed by atoms with Crippen molar-refractivity contribution in [3.05, 3.63) is 59.7 Å². The molecule has 0 aliphatic carbocycles. The van der Waals surface area contributed by atoms with Gasteiger partial charge in [0, 0.05) is 30.3 Å². The Kier molecular flexibility index (Phi) is 6.30. The maximum Gasteiger partial charge on any atom is 0.226 e. The predicted octanol–water partition coefficient (Wildman–Crippen LogP) is 5.34. The van der Waals surface area contributed by atoms with Crippen LogP contribution in [0.3, 0.4) is 0 Å². The van der Waals surface area contributed by atoms with Gasteiger partial charge in [0.25, 0.3) is 0 Å². The first-order valence-corrected chi connectivity index (χ1v) is 10.9. The van der Waals surface area contributed by atoms with E-state index in [-0.39, 0.29) is 11.5 Å². The zero-order valence-electron chi connectivity index (χ0n) is 18.8. The van der Waals surface area contributed by atoms with Gasteiger partial charge in [-0.15, -0.1) is 0 Å². The van der Waals surface area contributed by atoms with Crippen molar-refractivity contribution in [1.29, 1.82) is 0 Å². The quantitative estimate of drug-likeness (QED) is 0.513. The summed E-state index contributed by atoms with van der Waals surface area (Å²) < 4.78 is 5.50. The third-order valence-electron chi connectivity index (χ3n) is 5.67. The first-order chi connectivity index (χ1) is 15.4. The summed E-state index contributed by atoms with van der Waals surface area (Å²) in [6.45, 7) is 5.95. The maximum atomic E-state index is 10.8. The molecule has 0 bridgehead atoms. The Morgan fingerprint density at radius 1 is 1.00 bits per heavy atom. The average molecular weight is 432 g/mol. The number of rotatable bonds is 6. The van der Waals surface area contributed by atoms with E-state index in [2.05, 4.69) is 24.8 Å². The topological polar surface area (TPSA) is 78.7 Å². The van der Waals surface area contributed by atoms with Crippen LogP contribution in [0.15, 0.2) is 54.1 Å². The Morgan fingerprint density at radius 2 is 1.69 bits per heavy atom. The number of phenols is 2. The minimum atomic E-state index is 0.116. The van der Waals surface area contributed by atoms with Gasteiger partial charge in [-0.3, -0.25) is 0 Å². The van der Waals surface area contributed by atoms with E-state index in [1.807, 2.05) is 24.3 Å². The molecule has 3 aromatic rings. The highest BCUT2D eigenvalue weighted by molar-refractivity contribution is 5.75. The maximum absolute atomic E-state index is 10.8. The van der Waals surface area contributed by atoms with E-state index < -0.39 is 0 Å². The number of phenolic OH excluding ortho intramolecular Hbond substituents is 2. The molecule has 0 atom stereocenters. The summed E-state index contributed by atoms with van der Waals surface area (Å²) in [5.41, 5.74) is 5.13. The van der Waals surface area contributed by atoms with Crippen LogP contribution in [0.2, 0.25) is 0 Å². The third-order valence-corrected chi connectivity index (χ3v) is 5.67. The molecular weight excluding hydrogens is 402 g/mol. The van der Waals surface area contributed by atoms with Gasteiger partial charge in [-0.1, -0.05) is 11.6 Å². The summed E-state index contributed by atoms with van der Waals surface area (Å²) in [5, 5.41) is 20.5. The Hall–Kier alpha value is -3.54. The van der Waals surface area contributed by atoms with Gasteiger partial charge in [0.1, 0.15) is 17.2 Å². The zero-order valence-corrected chi connectivity index (χ0v) is 18.8. The molecule has 0 radical (unpaired) electrons. The Balaban J connectivity index is 1.85. The van der Waals surface area contributed by atoms with E-state index in [9.17, 15) is 10.2 Å². The van der Waals surface area contributed by atoms with Gasteiger partial charge < -0.3 is 19.8 Å². The van der Waals surface area contributed by atoms with Crippen LogP contribution in [-0.4, -0.2) is 40.4 Å². The largest absolute Gasteiger partial charge is 0.508 e. The van der Waals surface area contributed by atoms with Gasteiger partial charge in [0.05, 0.1) is 18.5 Å². The van der Waals surface area contributed by atoms with Gasteiger partial charge in [-0.2, -0.15) is 0 Å². The average Bonchev–Trinajstić information content (AvgIpc) is 3.33. The van der Waals surface area contributed by atoms with E-state index in [1.165, 1.54) is 5.57 Å². The SMILES string of the molecule is COc1cc(O)c(-c2cc(-c3ccc(O)cc3)nc(N3CCCC3)n2)cc1CC=C(C)C. The van der Waals surface area contributed by atoms with Crippen molar-refractivity contribution in [2.45, 2.75) is 33.1 Å². The molecule has 166 valence electrons. The van der Waals surface area contributed by atoms with Crippen LogP contribution in [0.4, 0.5) is 5.95 Å². The highest BCUT2D eigenvalue weighted by Crippen LogP contribution is 2.37. The van der Waals surface area contributed by atoms with E-state index >= 15 is 0 Å². The van der Waals surface area contributed by atoms with Crippen molar-refractivity contribution in [2.75, 3.05) is 25.1 Å². The minimum absolute atomic E-state index is 0.116. The normalized spacial score (nSPS) is 13.3. The number of aromatic nitrogens is 2. The molecule has 32 heavy (non-hydrogen) atoms. The van der Waals surface area contributed by atoms with E-state index in [1.54, 1.807) is 25.3 Å².